The Labute approximate surface area is 119 Å². The molecule has 0 radical (unpaired) electrons. The molecule has 2 aliphatic rings. The number of hydrogen-bond acceptors (Lipinski definition) is 2. The van der Waals surface area contributed by atoms with Gasteiger partial charge in [0, 0.05) is 13.1 Å². The van der Waals surface area contributed by atoms with Crippen molar-refractivity contribution in [3.05, 3.63) is 0 Å². The minimum atomic E-state index is -0.750. The molecule has 2 unspecified atom stereocenters. The van der Waals surface area contributed by atoms with Gasteiger partial charge in [0.2, 0.25) is 0 Å². The van der Waals surface area contributed by atoms with Gasteiger partial charge < -0.3 is 15.3 Å². The summed E-state index contributed by atoms with van der Waals surface area (Å²) in [5.74, 6) is 2.07. The average Bonchev–Trinajstić information content (AvgIpc) is 3.10. The largest absolute Gasteiger partial charge is 0.481 e. The zero-order chi connectivity index (χ0) is 14.5. The molecule has 0 aromatic rings. The molecule has 20 heavy (non-hydrogen) atoms. The van der Waals surface area contributed by atoms with Crippen LogP contribution in [0.1, 0.15) is 32.1 Å². The molecule has 0 saturated heterocycles. The number of rotatable bonds is 6. The summed E-state index contributed by atoms with van der Waals surface area (Å²) >= 11 is 0. The number of carbonyl (C=O) groups excluding carboxylic acids is 1. The number of carboxylic acid groups (broad SMARTS) is 1. The van der Waals surface area contributed by atoms with Crippen LogP contribution < -0.4 is 5.32 Å². The number of amides is 2. The quantitative estimate of drug-likeness (QED) is 0.724. The molecule has 2 rings (SSSR count). The van der Waals surface area contributed by atoms with E-state index in [4.69, 9.17) is 11.5 Å². The minimum Gasteiger partial charge on any atom is -0.481 e. The summed E-state index contributed by atoms with van der Waals surface area (Å²) in [6, 6.07) is -0.161. The summed E-state index contributed by atoms with van der Waals surface area (Å²) in [7, 11) is 0. The molecule has 0 bridgehead atoms. The third-order valence-corrected chi connectivity index (χ3v) is 4.24. The number of nitrogens with one attached hydrogen (secondary N) is 1. The van der Waals surface area contributed by atoms with Gasteiger partial charge in [-0.15, -0.1) is 6.42 Å². The Bertz CT molecular complexity index is 412. The first kappa shape index (κ1) is 14.7. The zero-order valence-electron chi connectivity index (χ0n) is 11.7. The fraction of sp³-hybridized carbons (Fsp3) is 0.733. The Morgan fingerprint density at radius 2 is 2.05 bits per heavy atom. The van der Waals surface area contributed by atoms with Gasteiger partial charge in [0.15, 0.2) is 0 Å². The van der Waals surface area contributed by atoms with Crippen molar-refractivity contribution in [2.75, 3.05) is 19.6 Å². The van der Waals surface area contributed by atoms with Crippen LogP contribution in [0, 0.1) is 30.1 Å². The summed E-state index contributed by atoms with van der Waals surface area (Å²) in [6.07, 6.45) is 10.1. The number of carboxylic acids is 1. The molecule has 2 saturated carbocycles. The van der Waals surface area contributed by atoms with Crippen LogP contribution in [-0.4, -0.2) is 41.6 Å². The maximum Gasteiger partial charge on any atom is 0.318 e. The van der Waals surface area contributed by atoms with Crippen molar-refractivity contribution in [1.29, 1.82) is 0 Å². The normalized spacial score (nSPS) is 24.9. The third-order valence-electron chi connectivity index (χ3n) is 4.24. The molecular weight excluding hydrogens is 256 g/mol. The SMILES string of the molecule is C#CCN(CC1CC1)C(=O)NCC1CCCC1C(=O)O. The van der Waals surface area contributed by atoms with E-state index in [1.807, 2.05) is 0 Å². The Hall–Kier alpha value is -1.70. The first-order valence-electron chi connectivity index (χ1n) is 7.31. The van der Waals surface area contributed by atoms with E-state index < -0.39 is 5.97 Å². The standard InChI is InChI=1S/C15H22N2O3/c1-2-8-17(10-11-6-7-11)15(20)16-9-12-4-3-5-13(12)14(18)19/h1,11-13H,3-10H2,(H,16,20)(H,18,19). The summed E-state index contributed by atoms with van der Waals surface area (Å²) < 4.78 is 0. The van der Waals surface area contributed by atoms with Crippen molar-refractivity contribution in [1.82, 2.24) is 10.2 Å². The van der Waals surface area contributed by atoms with Crippen molar-refractivity contribution in [3.8, 4) is 12.3 Å². The van der Waals surface area contributed by atoms with Crippen LogP contribution in [0.25, 0.3) is 0 Å². The smallest absolute Gasteiger partial charge is 0.318 e. The van der Waals surface area contributed by atoms with E-state index in [-0.39, 0.29) is 17.9 Å². The van der Waals surface area contributed by atoms with Gasteiger partial charge in [0.1, 0.15) is 0 Å². The van der Waals surface area contributed by atoms with E-state index in [9.17, 15) is 9.59 Å². The Morgan fingerprint density at radius 1 is 1.30 bits per heavy atom. The van der Waals surface area contributed by atoms with Crippen LogP contribution in [0.3, 0.4) is 0 Å². The molecule has 0 spiro atoms. The highest BCUT2D eigenvalue weighted by Gasteiger charge is 2.33. The van der Waals surface area contributed by atoms with Crippen LogP contribution in [0.15, 0.2) is 0 Å². The predicted octanol–water partition coefficient (Wildman–Crippen LogP) is 1.54. The first-order chi connectivity index (χ1) is 9.61. The molecule has 2 aliphatic carbocycles. The number of hydrogen-bond donors (Lipinski definition) is 2. The molecule has 2 atom stereocenters. The summed E-state index contributed by atoms with van der Waals surface area (Å²) in [5.41, 5.74) is 0. The lowest BCUT2D eigenvalue weighted by Crippen LogP contribution is -2.43. The van der Waals surface area contributed by atoms with E-state index >= 15 is 0 Å². The Kier molecular flexibility index (Phi) is 4.89. The fourth-order valence-electron chi connectivity index (χ4n) is 2.88. The van der Waals surface area contributed by atoms with E-state index in [1.54, 1.807) is 4.90 Å². The lowest BCUT2D eigenvalue weighted by Gasteiger charge is -2.23. The lowest BCUT2D eigenvalue weighted by atomic mass is 9.96. The van der Waals surface area contributed by atoms with Gasteiger partial charge in [0.25, 0.3) is 0 Å². The lowest BCUT2D eigenvalue weighted by molar-refractivity contribution is -0.142. The fourth-order valence-corrected chi connectivity index (χ4v) is 2.88. The molecule has 2 N–H and O–H groups in total. The van der Waals surface area contributed by atoms with Crippen LogP contribution in [-0.2, 0) is 4.79 Å². The monoisotopic (exact) mass is 278 g/mol. The molecule has 0 aliphatic heterocycles. The third kappa shape index (κ3) is 3.89. The summed E-state index contributed by atoms with van der Waals surface area (Å²) in [4.78, 5) is 24.9. The van der Waals surface area contributed by atoms with Gasteiger partial charge in [0.05, 0.1) is 12.5 Å². The minimum absolute atomic E-state index is 0.0464. The molecule has 5 heteroatoms. The van der Waals surface area contributed by atoms with Crippen molar-refractivity contribution < 1.29 is 14.7 Å². The molecule has 2 amide bonds. The first-order valence-corrected chi connectivity index (χ1v) is 7.31. The van der Waals surface area contributed by atoms with Gasteiger partial charge in [-0.05, 0) is 37.5 Å². The molecule has 110 valence electrons. The second-order valence-electron chi connectivity index (χ2n) is 5.85. The summed E-state index contributed by atoms with van der Waals surface area (Å²) in [5, 5.41) is 12.0. The van der Waals surface area contributed by atoms with Gasteiger partial charge in [-0.2, -0.15) is 0 Å². The van der Waals surface area contributed by atoms with Crippen molar-refractivity contribution in [3.63, 3.8) is 0 Å². The number of carbonyl (C=O) groups is 2. The predicted molar refractivity (Wildman–Crippen MR) is 75.0 cm³/mol. The van der Waals surface area contributed by atoms with Crippen molar-refractivity contribution in [2.45, 2.75) is 32.1 Å². The van der Waals surface area contributed by atoms with Crippen molar-refractivity contribution >= 4 is 12.0 Å². The molecular formula is C15H22N2O3. The highest BCUT2D eigenvalue weighted by atomic mass is 16.4. The van der Waals surface area contributed by atoms with E-state index in [1.165, 1.54) is 0 Å². The van der Waals surface area contributed by atoms with Gasteiger partial charge in [-0.25, -0.2) is 4.79 Å². The average molecular weight is 278 g/mol. The van der Waals surface area contributed by atoms with E-state index in [2.05, 4.69) is 11.2 Å². The maximum atomic E-state index is 12.1. The number of aliphatic carboxylic acids is 1. The van der Waals surface area contributed by atoms with E-state index in [0.717, 1.165) is 25.7 Å². The Morgan fingerprint density at radius 3 is 2.65 bits per heavy atom. The molecule has 0 aromatic heterocycles. The van der Waals surface area contributed by atoms with Gasteiger partial charge >= 0.3 is 12.0 Å². The summed E-state index contributed by atoms with van der Waals surface area (Å²) in [6.45, 7) is 1.46. The van der Waals surface area contributed by atoms with Gasteiger partial charge in [-0.3, -0.25) is 4.79 Å². The maximum absolute atomic E-state index is 12.1. The molecule has 0 aromatic carbocycles. The second-order valence-corrected chi connectivity index (χ2v) is 5.85. The molecule has 5 nitrogen and oxygen atoms in total. The number of nitrogens with zero attached hydrogens (tertiary/aromatic N) is 1. The highest BCUT2D eigenvalue weighted by molar-refractivity contribution is 5.75. The zero-order valence-corrected chi connectivity index (χ0v) is 11.7. The van der Waals surface area contributed by atoms with Crippen LogP contribution >= 0.6 is 0 Å². The van der Waals surface area contributed by atoms with Crippen LogP contribution in [0.4, 0.5) is 4.79 Å². The Balaban J connectivity index is 1.80. The van der Waals surface area contributed by atoms with Gasteiger partial charge in [-0.1, -0.05) is 12.3 Å². The molecule has 2 fully saturated rings. The van der Waals surface area contributed by atoms with Crippen LogP contribution in [0.5, 0.6) is 0 Å². The number of terminal acetylenes is 1. The van der Waals surface area contributed by atoms with Crippen LogP contribution in [0.2, 0.25) is 0 Å². The number of urea groups is 1. The highest BCUT2D eigenvalue weighted by Crippen LogP contribution is 2.32. The van der Waals surface area contributed by atoms with Crippen molar-refractivity contribution in [2.24, 2.45) is 17.8 Å². The second kappa shape index (κ2) is 6.65. The topological polar surface area (TPSA) is 69.6 Å². The van der Waals surface area contributed by atoms with E-state index in [0.29, 0.717) is 32.0 Å². The molecule has 0 heterocycles.